The summed E-state index contributed by atoms with van der Waals surface area (Å²) >= 11 is 0. The lowest BCUT2D eigenvalue weighted by atomic mass is 10.0. The number of allylic oxidation sites excluding steroid dienone is 10. The summed E-state index contributed by atoms with van der Waals surface area (Å²) in [5, 5.41) is 9.65. The van der Waals surface area contributed by atoms with Gasteiger partial charge < -0.3 is 23.8 Å². The van der Waals surface area contributed by atoms with E-state index >= 15 is 0 Å². The van der Waals surface area contributed by atoms with Crippen LogP contribution < -0.4 is 0 Å². The highest BCUT2D eigenvalue weighted by Gasteiger charge is 2.31. The third kappa shape index (κ3) is 44.0. The van der Waals surface area contributed by atoms with Crippen molar-refractivity contribution in [2.75, 3.05) is 41.0 Å². The summed E-state index contributed by atoms with van der Waals surface area (Å²) in [6.07, 6.45) is 57.0. The van der Waals surface area contributed by atoms with Crippen molar-refractivity contribution in [3.63, 3.8) is 0 Å². The molecule has 8 nitrogen and oxygen atoms in total. The molecule has 0 aliphatic rings. The third-order valence-electron chi connectivity index (χ3n) is 11.4. The van der Waals surface area contributed by atoms with Gasteiger partial charge in [0, 0.05) is 19.3 Å². The van der Waals surface area contributed by atoms with Gasteiger partial charge in [0.05, 0.1) is 34.4 Å². The number of quaternary nitrogens is 1. The molecule has 0 aromatic rings. The van der Waals surface area contributed by atoms with E-state index in [0.717, 1.165) is 77.0 Å². The average Bonchev–Trinajstić information content (AvgIpc) is 3.24. The first kappa shape index (κ1) is 60.0. The Bertz CT molecular complexity index is 1210. The van der Waals surface area contributed by atoms with Gasteiger partial charge in [0.25, 0.3) is 0 Å². The maximum atomic E-state index is 12.8. The Balaban J connectivity index is 4.29. The molecule has 0 bridgehead atoms. The highest BCUT2D eigenvalue weighted by Crippen LogP contribution is 2.16. The van der Waals surface area contributed by atoms with E-state index < -0.39 is 18.1 Å². The molecule has 1 N–H and O–H groups in total. The number of unbranched alkanes of at least 4 members (excludes halogenated alkanes) is 22. The Hall–Kier alpha value is -2.97. The van der Waals surface area contributed by atoms with E-state index in [4.69, 9.17) is 14.2 Å². The highest BCUT2D eigenvalue weighted by atomic mass is 16.6. The van der Waals surface area contributed by atoms with Gasteiger partial charge in [-0.2, -0.15) is 0 Å². The molecule has 0 aliphatic carbocycles. The van der Waals surface area contributed by atoms with Crippen molar-refractivity contribution in [2.24, 2.45) is 0 Å². The molecule has 0 aromatic heterocycles. The number of esters is 2. The molecule has 0 saturated carbocycles. The van der Waals surface area contributed by atoms with Crippen molar-refractivity contribution in [1.29, 1.82) is 0 Å². The standard InChI is InChI=1S/C55H97NO7/c1-6-8-10-12-14-16-18-20-22-24-26-28-29-31-33-35-37-39-41-43-45-53(57)62-50-51(49-61-48-47-52(55(59)60)56(3,4)5)63-54(58)46-44-42-40-38-36-34-32-30-27-25-23-21-19-17-15-13-11-9-7-2/h9,11,15,17,21,23,27,30,34,36,51-52H,6-8,10,12-14,16,18-20,22,24-26,28-29,31-33,35,37-50H2,1-5H3/p+1/b11-9-,17-15-,23-21-,30-27-,36-34-. The number of aliphatic carboxylic acids is 1. The maximum Gasteiger partial charge on any atom is 0.362 e. The molecule has 0 heterocycles. The summed E-state index contributed by atoms with van der Waals surface area (Å²) in [6.45, 7) is 4.61. The monoisotopic (exact) mass is 885 g/mol. The van der Waals surface area contributed by atoms with Gasteiger partial charge in [0.15, 0.2) is 12.1 Å². The van der Waals surface area contributed by atoms with Crippen LogP contribution in [0.15, 0.2) is 60.8 Å². The van der Waals surface area contributed by atoms with Crippen LogP contribution in [0, 0.1) is 0 Å². The number of carboxylic acid groups (broad SMARTS) is 1. The normalized spacial score (nSPS) is 13.3. The molecular weight excluding hydrogens is 787 g/mol. The number of carbonyl (C=O) groups is 3. The van der Waals surface area contributed by atoms with Crippen LogP contribution in [-0.4, -0.2) is 80.6 Å². The zero-order valence-electron chi connectivity index (χ0n) is 41.5. The minimum atomic E-state index is -0.880. The molecule has 0 aliphatic heterocycles. The summed E-state index contributed by atoms with van der Waals surface area (Å²) in [5.41, 5.74) is 0. The SMILES string of the molecule is CC/C=C\C/C=C\C/C=C\C/C=C\C/C=C\CCCCCC(=O)OC(COCCC(C(=O)O)[N+](C)(C)C)COC(=O)CCCCCCCCCCCCCCCCCCCCCC. The van der Waals surface area contributed by atoms with E-state index in [1.165, 1.54) is 109 Å². The largest absolute Gasteiger partial charge is 0.477 e. The molecule has 63 heavy (non-hydrogen) atoms. The smallest absolute Gasteiger partial charge is 0.362 e. The van der Waals surface area contributed by atoms with Crippen LogP contribution in [0.1, 0.15) is 219 Å². The topological polar surface area (TPSA) is 99.1 Å². The molecule has 2 unspecified atom stereocenters. The molecule has 0 rings (SSSR count). The Labute approximate surface area is 388 Å². The van der Waals surface area contributed by atoms with Crippen molar-refractivity contribution < 1.29 is 38.2 Å². The van der Waals surface area contributed by atoms with Crippen molar-refractivity contribution in [3.05, 3.63) is 60.8 Å². The first-order valence-corrected chi connectivity index (χ1v) is 25.8. The molecule has 0 spiro atoms. The molecule has 0 amide bonds. The van der Waals surface area contributed by atoms with Gasteiger partial charge in [-0.3, -0.25) is 9.59 Å². The summed E-state index contributed by atoms with van der Waals surface area (Å²) in [4.78, 5) is 37.2. The fraction of sp³-hybridized carbons (Fsp3) is 0.764. The van der Waals surface area contributed by atoms with E-state index in [2.05, 4.69) is 74.6 Å². The Morgan fingerprint density at radius 3 is 1.32 bits per heavy atom. The second kappa shape index (κ2) is 45.6. The number of rotatable bonds is 46. The Kier molecular flexibility index (Phi) is 43.4. The van der Waals surface area contributed by atoms with Crippen LogP contribution in [0.25, 0.3) is 0 Å². The second-order valence-corrected chi connectivity index (χ2v) is 18.4. The van der Waals surface area contributed by atoms with E-state index in [1.807, 2.05) is 21.1 Å². The van der Waals surface area contributed by atoms with Crippen LogP contribution in [0.4, 0.5) is 0 Å². The van der Waals surface area contributed by atoms with Crippen LogP contribution in [0.3, 0.4) is 0 Å². The highest BCUT2D eigenvalue weighted by molar-refractivity contribution is 5.72. The molecule has 364 valence electrons. The first-order valence-electron chi connectivity index (χ1n) is 25.8. The van der Waals surface area contributed by atoms with Crippen LogP contribution >= 0.6 is 0 Å². The second-order valence-electron chi connectivity index (χ2n) is 18.4. The van der Waals surface area contributed by atoms with Gasteiger partial charge >= 0.3 is 17.9 Å². The fourth-order valence-corrected chi connectivity index (χ4v) is 7.47. The predicted octanol–water partition coefficient (Wildman–Crippen LogP) is 14.9. The van der Waals surface area contributed by atoms with Gasteiger partial charge in [-0.1, -0.05) is 203 Å². The zero-order valence-corrected chi connectivity index (χ0v) is 41.5. The van der Waals surface area contributed by atoms with Gasteiger partial charge in [0.2, 0.25) is 0 Å². The lowest BCUT2D eigenvalue weighted by Crippen LogP contribution is -2.50. The van der Waals surface area contributed by atoms with Crippen LogP contribution in [0.5, 0.6) is 0 Å². The van der Waals surface area contributed by atoms with Gasteiger partial charge in [-0.15, -0.1) is 0 Å². The van der Waals surface area contributed by atoms with E-state index in [1.54, 1.807) is 0 Å². The van der Waals surface area contributed by atoms with Crippen LogP contribution in [0.2, 0.25) is 0 Å². The fourth-order valence-electron chi connectivity index (χ4n) is 7.47. The van der Waals surface area contributed by atoms with Crippen molar-refractivity contribution in [3.8, 4) is 0 Å². The number of likely N-dealkylation sites (N-methyl/N-ethyl adjacent to an activating group) is 1. The summed E-state index contributed by atoms with van der Waals surface area (Å²) in [6, 6.07) is -0.623. The summed E-state index contributed by atoms with van der Waals surface area (Å²) in [7, 11) is 5.52. The average molecular weight is 885 g/mol. The summed E-state index contributed by atoms with van der Waals surface area (Å²) in [5.74, 6) is -1.50. The number of carbonyl (C=O) groups excluding carboxylic acids is 2. The molecule has 0 saturated heterocycles. The minimum absolute atomic E-state index is 0.0475. The maximum absolute atomic E-state index is 12.8. The lowest BCUT2D eigenvalue weighted by molar-refractivity contribution is -0.887. The minimum Gasteiger partial charge on any atom is -0.477 e. The van der Waals surface area contributed by atoms with E-state index in [0.29, 0.717) is 12.8 Å². The number of hydrogen-bond donors (Lipinski definition) is 1. The van der Waals surface area contributed by atoms with E-state index in [9.17, 15) is 19.5 Å². The van der Waals surface area contributed by atoms with Crippen molar-refractivity contribution in [2.45, 2.75) is 231 Å². The van der Waals surface area contributed by atoms with Gasteiger partial charge in [0.1, 0.15) is 6.61 Å². The molecular formula is C55H98NO7+. The molecule has 0 aromatic carbocycles. The summed E-state index contributed by atoms with van der Waals surface area (Å²) < 4.78 is 17.3. The Morgan fingerprint density at radius 1 is 0.492 bits per heavy atom. The van der Waals surface area contributed by atoms with Gasteiger partial charge in [-0.25, -0.2) is 4.79 Å². The van der Waals surface area contributed by atoms with E-state index in [-0.39, 0.29) is 42.7 Å². The number of carboxylic acids is 1. The van der Waals surface area contributed by atoms with Crippen molar-refractivity contribution in [1.82, 2.24) is 0 Å². The molecule has 2 atom stereocenters. The molecule has 0 radical (unpaired) electrons. The van der Waals surface area contributed by atoms with Gasteiger partial charge in [-0.05, 0) is 57.8 Å². The predicted molar refractivity (Wildman–Crippen MR) is 266 cm³/mol. The zero-order chi connectivity index (χ0) is 46.3. The Morgan fingerprint density at radius 2 is 0.889 bits per heavy atom. The molecule has 8 heteroatoms. The molecule has 0 fully saturated rings. The lowest BCUT2D eigenvalue weighted by Gasteiger charge is -2.31. The third-order valence-corrected chi connectivity index (χ3v) is 11.4. The quantitative estimate of drug-likeness (QED) is 0.0281. The van der Waals surface area contributed by atoms with Crippen molar-refractivity contribution >= 4 is 17.9 Å². The first-order chi connectivity index (χ1) is 30.6. The number of hydrogen-bond acceptors (Lipinski definition) is 6. The van der Waals surface area contributed by atoms with Crippen LogP contribution in [-0.2, 0) is 28.6 Å². The number of ether oxygens (including phenoxy) is 3. The number of nitrogens with zero attached hydrogens (tertiary/aromatic N) is 1.